The molecule has 6 heteroatoms. The minimum atomic E-state index is 0.0955. The first kappa shape index (κ1) is 16.7. The topological polar surface area (TPSA) is 69.5 Å². The van der Waals surface area contributed by atoms with E-state index in [-0.39, 0.29) is 18.6 Å². The van der Waals surface area contributed by atoms with Crippen LogP contribution < -0.4 is 4.90 Å². The third kappa shape index (κ3) is 4.24. The highest BCUT2D eigenvalue weighted by Crippen LogP contribution is 2.20. The van der Waals surface area contributed by atoms with Gasteiger partial charge in [-0.2, -0.15) is 5.26 Å². The summed E-state index contributed by atoms with van der Waals surface area (Å²) in [7, 11) is 0. The van der Waals surface area contributed by atoms with Crippen LogP contribution in [0.3, 0.4) is 0 Å². The summed E-state index contributed by atoms with van der Waals surface area (Å²) in [6.45, 7) is 3.17. The van der Waals surface area contributed by atoms with Crippen LogP contribution in [0.25, 0.3) is 0 Å². The summed E-state index contributed by atoms with van der Waals surface area (Å²) in [5, 5.41) is 8.80. The number of rotatable bonds is 4. The largest absolute Gasteiger partial charge is 0.368 e. The molecular formula is C18H24N4O2. The number of ether oxygens (including phenoxy) is 1. The molecule has 0 unspecified atom stereocenters. The predicted octanol–water partition coefficient (Wildman–Crippen LogP) is 1.95. The third-order valence-corrected chi connectivity index (χ3v) is 4.85. The van der Waals surface area contributed by atoms with Crippen LogP contribution in [0.2, 0.25) is 0 Å². The zero-order chi connectivity index (χ0) is 16.8. The highest BCUT2D eigenvalue weighted by molar-refractivity contribution is 5.77. The molecule has 3 rings (SSSR count). The number of hydrogen-bond acceptors (Lipinski definition) is 5. The second kappa shape index (κ2) is 8.11. The Bertz CT molecular complexity index is 582. The van der Waals surface area contributed by atoms with E-state index in [1.165, 1.54) is 19.3 Å². The molecule has 0 spiro atoms. The van der Waals surface area contributed by atoms with Gasteiger partial charge < -0.3 is 14.5 Å². The van der Waals surface area contributed by atoms with E-state index in [0.717, 1.165) is 31.6 Å². The van der Waals surface area contributed by atoms with Gasteiger partial charge in [0.15, 0.2) is 0 Å². The van der Waals surface area contributed by atoms with Gasteiger partial charge in [0.1, 0.15) is 18.4 Å². The van der Waals surface area contributed by atoms with E-state index < -0.39 is 0 Å². The summed E-state index contributed by atoms with van der Waals surface area (Å²) in [6, 6.07) is 5.66. The molecule has 1 aromatic rings. The molecule has 24 heavy (non-hydrogen) atoms. The number of pyridine rings is 1. The molecule has 1 aliphatic carbocycles. The van der Waals surface area contributed by atoms with Crippen LogP contribution in [0, 0.1) is 11.3 Å². The maximum absolute atomic E-state index is 12.3. The predicted molar refractivity (Wildman–Crippen MR) is 90.6 cm³/mol. The van der Waals surface area contributed by atoms with Crippen LogP contribution in [-0.2, 0) is 9.53 Å². The van der Waals surface area contributed by atoms with E-state index in [1.807, 2.05) is 17.0 Å². The Morgan fingerprint density at radius 1 is 1.21 bits per heavy atom. The van der Waals surface area contributed by atoms with Gasteiger partial charge in [0.25, 0.3) is 0 Å². The van der Waals surface area contributed by atoms with Crippen LogP contribution in [-0.4, -0.2) is 54.7 Å². The Labute approximate surface area is 143 Å². The summed E-state index contributed by atoms with van der Waals surface area (Å²) in [4.78, 5) is 20.5. The van der Waals surface area contributed by atoms with Crippen LogP contribution in [0.5, 0.6) is 0 Å². The molecule has 2 fully saturated rings. The number of aromatic nitrogens is 1. The Morgan fingerprint density at radius 2 is 1.96 bits per heavy atom. The average Bonchev–Trinajstić information content (AvgIpc) is 2.67. The number of amides is 1. The smallest absolute Gasteiger partial charge is 0.248 e. The molecule has 0 bridgehead atoms. The molecule has 0 radical (unpaired) electrons. The number of anilines is 1. The van der Waals surface area contributed by atoms with Crippen molar-refractivity contribution in [2.75, 3.05) is 37.7 Å². The first-order valence-corrected chi connectivity index (χ1v) is 8.77. The number of nitriles is 1. The molecule has 0 N–H and O–H groups in total. The maximum atomic E-state index is 12.3. The van der Waals surface area contributed by atoms with E-state index in [0.29, 0.717) is 18.8 Å². The van der Waals surface area contributed by atoms with Gasteiger partial charge in [-0.05, 0) is 25.0 Å². The van der Waals surface area contributed by atoms with Crippen molar-refractivity contribution >= 4 is 11.6 Å². The molecule has 1 saturated heterocycles. The maximum Gasteiger partial charge on any atom is 0.248 e. The standard InChI is InChI=1S/C18H24N4O2/c19-12-15-6-7-16(13-20-15)21-8-10-22(11-9-21)18(23)14-24-17-4-2-1-3-5-17/h6-7,13,17H,1-5,8-11,14H2. The Hall–Kier alpha value is -2.13. The second-order valence-electron chi connectivity index (χ2n) is 6.45. The van der Waals surface area contributed by atoms with Gasteiger partial charge in [0, 0.05) is 26.2 Å². The minimum absolute atomic E-state index is 0.0955. The number of piperazine rings is 1. The molecule has 128 valence electrons. The third-order valence-electron chi connectivity index (χ3n) is 4.85. The van der Waals surface area contributed by atoms with Gasteiger partial charge in [0.2, 0.25) is 5.91 Å². The first-order chi connectivity index (χ1) is 11.8. The SMILES string of the molecule is N#Cc1ccc(N2CCN(C(=O)COC3CCCCC3)CC2)cn1. The fourth-order valence-corrected chi connectivity index (χ4v) is 3.37. The summed E-state index contributed by atoms with van der Waals surface area (Å²) in [5.41, 5.74) is 1.42. The van der Waals surface area contributed by atoms with Crippen molar-refractivity contribution in [3.8, 4) is 6.07 Å². The first-order valence-electron chi connectivity index (χ1n) is 8.77. The van der Waals surface area contributed by atoms with E-state index in [9.17, 15) is 4.79 Å². The number of hydrogen-bond donors (Lipinski definition) is 0. The highest BCUT2D eigenvalue weighted by Gasteiger charge is 2.23. The van der Waals surface area contributed by atoms with Crippen molar-refractivity contribution in [2.24, 2.45) is 0 Å². The number of carbonyl (C=O) groups excluding carboxylic acids is 1. The molecular weight excluding hydrogens is 304 g/mol. The van der Waals surface area contributed by atoms with E-state index in [4.69, 9.17) is 10.00 Å². The molecule has 0 atom stereocenters. The van der Waals surface area contributed by atoms with Gasteiger partial charge >= 0.3 is 0 Å². The van der Waals surface area contributed by atoms with Crippen molar-refractivity contribution in [3.63, 3.8) is 0 Å². The molecule has 1 aliphatic heterocycles. The summed E-state index contributed by atoms with van der Waals surface area (Å²) < 4.78 is 5.79. The molecule has 1 amide bonds. The monoisotopic (exact) mass is 328 g/mol. The van der Waals surface area contributed by atoms with Crippen LogP contribution in [0.1, 0.15) is 37.8 Å². The van der Waals surface area contributed by atoms with Crippen molar-refractivity contribution in [1.82, 2.24) is 9.88 Å². The van der Waals surface area contributed by atoms with Crippen molar-refractivity contribution in [1.29, 1.82) is 5.26 Å². The van der Waals surface area contributed by atoms with Crippen LogP contribution >= 0.6 is 0 Å². The minimum Gasteiger partial charge on any atom is -0.368 e. The highest BCUT2D eigenvalue weighted by atomic mass is 16.5. The van der Waals surface area contributed by atoms with Gasteiger partial charge in [-0.25, -0.2) is 4.98 Å². The normalized spacial score (nSPS) is 19.1. The van der Waals surface area contributed by atoms with Gasteiger partial charge in [-0.3, -0.25) is 4.79 Å². The fraction of sp³-hybridized carbons (Fsp3) is 0.611. The van der Waals surface area contributed by atoms with Gasteiger partial charge in [-0.1, -0.05) is 19.3 Å². The summed E-state index contributed by atoms with van der Waals surface area (Å²) >= 11 is 0. The lowest BCUT2D eigenvalue weighted by atomic mass is 9.98. The Kier molecular flexibility index (Phi) is 5.65. The van der Waals surface area contributed by atoms with Crippen molar-refractivity contribution in [2.45, 2.75) is 38.2 Å². The molecule has 1 aromatic heterocycles. The van der Waals surface area contributed by atoms with Gasteiger partial charge in [0.05, 0.1) is 18.0 Å². The second-order valence-corrected chi connectivity index (χ2v) is 6.45. The number of nitrogens with zero attached hydrogens (tertiary/aromatic N) is 4. The molecule has 1 saturated carbocycles. The molecule has 2 aliphatic rings. The van der Waals surface area contributed by atoms with Crippen molar-refractivity contribution < 1.29 is 9.53 Å². The van der Waals surface area contributed by atoms with E-state index in [2.05, 4.69) is 9.88 Å². The zero-order valence-electron chi connectivity index (χ0n) is 14.0. The molecule has 0 aromatic carbocycles. The zero-order valence-corrected chi connectivity index (χ0v) is 14.0. The average molecular weight is 328 g/mol. The van der Waals surface area contributed by atoms with Crippen LogP contribution in [0.4, 0.5) is 5.69 Å². The van der Waals surface area contributed by atoms with Crippen LogP contribution in [0.15, 0.2) is 18.3 Å². The quantitative estimate of drug-likeness (QED) is 0.845. The fourth-order valence-electron chi connectivity index (χ4n) is 3.37. The lowest BCUT2D eigenvalue weighted by molar-refractivity contribution is -0.139. The summed E-state index contributed by atoms with van der Waals surface area (Å²) in [5.74, 6) is 0.0955. The lowest BCUT2D eigenvalue weighted by Crippen LogP contribution is -2.50. The summed E-state index contributed by atoms with van der Waals surface area (Å²) in [6.07, 6.45) is 7.90. The van der Waals surface area contributed by atoms with Crippen molar-refractivity contribution in [3.05, 3.63) is 24.0 Å². The lowest BCUT2D eigenvalue weighted by Gasteiger charge is -2.36. The van der Waals surface area contributed by atoms with E-state index in [1.54, 1.807) is 12.3 Å². The number of carbonyl (C=O) groups is 1. The molecule has 6 nitrogen and oxygen atoms in total. The van der Waals surface area contributed by atoms with Gasteiger partial charge in [-0.15, -0.1) is 0 Å². The molecule has 2 heterocycles. The Morgan fingerprint density at radius 3 is 2.58 bits per heavy atom. The Balaban J connectivity index is 1.43. The van der Waals surface area contributed by atoms with E-state index >= 15 is 0 Å².